The highest BCUT2D eigenvalue weighted by atomic mass is 32.1. The summed E-state index contributed by atoms with van der Waals surface area (Å²) in [5.41, 5.74) is 1.46. The highest BCUT2D eigenvalue weighted by Crippen LogP contribution is 2.46. The molecule has 11 heteroatoms. The number of benzene rings is 1. The van der Waals surface area contributed by atoms with Gasteiger partial charge in [0.2, 0.25) is 0 Å². The molecule has 36 heavy (non-hydrogen) atoms. The largest absolute Gasteiger partial charge is 0.481 e. The summed E-state index contributed by atoms with van der Waals surface area (Å²) in [6.45, 7) is 1.83. The molecule has 5 rings (SSSR count). The molecule has 0 radical (unpaired) electrons. The Morgan fingerprint density at radius 3 is 2.56 bits per heavy atom. The molecule has 3 aromatic rings. The zero-order chi connectivity index (χ0) is 25.1. The summed E-state index contributed by atoms with van der Waals surface area (Å²) in [5.74, 6) is -0.170. The van der Waals surface area contributed by atoms with Gasteiger partial charge in [-0.1, -0.05) is 23.4 Å². The Balaban J connectivity index is 1.13. The third kappa shape index (κ3) is 5.46. The van der Waals surface area contributed by atoms with E-state index in [1.54, 1.807) is 18.3 Å². The lowest BCUT2D eigenvalue weighted by Crippen LogP contribution is -2.42. The Kier molecular flexibility index (Phi) is 6.82. The number of piperidine rings is 1. The average molecular weight is 511 g/mol. The van der Waals surface area contributed by atoms with Gasteiger partial charge in [-0.15, -0.1) is 5.10 Å². The van der Waals surface area contributed by atoms with Crippen LogP contribution in [-0.4, -0.2) is 44.3 Å². The second kappa shape index (κ2) is 10.2. The van der Waals surface area contributed by atoms with Crippen LogP contribution in [0.25, 0.3) is 0 Å². The first-order chi connectivity index (χ1) is 17.4. The van der Waals surface area contributed by atoms with E-state index in [9.17, 15) is 14.3 Å². The van der Waals surface area contributed by atoms with E-state index in [4.69, 9.17) is 16.6 Å². The normalized spacial score (nSPS) is 17.6. The monoisotopic (exact) mass is 510 g/mol. The minimum absolute atomic E-state index is 0.104. The standard InChI is InChI=1S/C25H27FN6O3S/c26-17-2-1-3-18(14-17)29-24-31-30-21(35-24)22(36)28-19-4-5-20(27-15-19)32-12-10-25(11-13-32)8-6-16(7-9-25)23(33)34/h1-5,14-16H,6-13H2,(H,28,36)(H,29,31)(H,33,34). The summed E-state index contributed by atoms with van der Waals surface area (Å²) in [7, 11) is 0. The van der Waals surface area contributed by atoms with Crippen molar-refractivity contribution in [3.63, 3.8) is 0 Å². The van der Waals surface area contributed by atoms with E-state index in [2.05, 4.69) is 30.7 Å². The molecule has 1 aromatic carbocycles. The molecule has 2 aliphatic rings. The van der Waals surface area contributed by atoms with Crippen molar-refractivity contribution in [3.8, 4) is 0 Å². The van der Waals surface area contributed by atoms with E-state index < -0.39 is 5.97 Å². The molecule has 1 spiro atoms. The lowest BCUT2D eigenvalue weighted by atomic mass is 9.65. The predicted molar refractivity (Wildman–Crippen MR) is 137 cm³/mol. The number of thiocarbonyl (C=S) groups is 1. The van der Waals surface area contributed by atoms with Crippen LogP contribution in [0.1, 0.15) is 44.4 Å². The molecule has 2 fully saturated rings. The highest BCUT2D eigenvalue weighted by Gasteiger charge is 2.39. The second-order valence-electron chi connectivity index (χ2n) is 9.51. The number of aliphatic carboxylic acids is 1. The van der Waals surface area contributed by atoms with Crippen molar-refractivity contribution in [2.75, 3.05) is 28.6 Å². The number of anilines is 4. The van der Waals surface area contributed by atoms with Crippen molar-refractivity contribution in [2.45, 2.75) is 38.5 Å². The van der Waals surface area contributed by atoms with Crippen LogP contribution in [0, 0.1) is 17.2 Å². The first-order valence-corrected chi connectivity index (χ1v) is 12.4. The predicted octanol–water partition coefficient (Wildman–Crippen LogP) is 5.00. The fraction of sp³-hybridized carbons (Fsp3) is 0.400. The number of nitrogens with one attached hydrogen (secondary N) is 2. The number of halogens is 1. The average Bonchev–Trinajstić information content (AvgIpc) is 3.34. The summed E-state index contributed by atoms with van der Waals surface area (Å²) < 4.78 is 18.9. The molecule has 3 N–H and O–H groups in total. The van der Waals surface area contributed by atoms with Crippen LogP contribution in [0.4, 0.5) is 27.6 Å². The van der Waals surface area contributed by atoms with Crippen LogP contribution in [-0.2, 0) is 4.79 Å². The van der Waals surface area contributed by atoms with Crippen LogP contribution in [0.15, 0.2) is 47.0 Å². The Hall–Kier alpha value is -3.60. The molecule has 1 aliphatic carbocycles. The summed E-state index contributed by atoms with van der Waals surface area (Å²) in [6.07, 6.45) is 7.42. The number of carboxylic acids is 1. The van der Waals surface area contributed by atoms with Crippen molar-refractivity contribution in [1.82, 2.24) is 15.2 Å². The Bertz CT molecular complexity index is 1230. The van der Waals surface area contributed by atoms with Gasteiger partial charge in [0.05, 0.1) is 17.8 Å². The van der Waals surface area contributed by atoms with Gasteiger partial charge < -0.3 is 25.1 Å². The highest BCUT2D eigenvalue weighted by molar-refractivity contribution is 7.81. The van der Waals surface area contributed by atoms with E-state index in [1.165, 1.54) is 12.1 Å². The quantitative estimate of drug-likeness (QED) is 0.391. The molecule has 0 amide bonds. The van der Waals surface area contributed by atoms with Gasteiger partial charge in [0.1, 0.15) is 11.6 Å². The molecular weight excluding hydrogens is 483 g/mol. The van der Waals surface area contributed by atoms with E-state index >= 15 is 0 Å². The maximum Gasteiger partial charge on any atom is 0.320 e. The maximum atomic E-state index is 13.3. The van der Waals surface area contributed by atoms with Crippen LogP contribution < -0.4 is 15.5 Å². The van der Waals surface area contributed by atoms with Gasteiger partial charge in [0.15, 0.2) is 4.99 Å². The number of carboxylic acid groups (broad SMARTS) is 1. The molecule has 0 unspecified atom stereocenters. The van der Waals surface area contributed by atoms with Gasteiger partial charge in [-0.25, -0.2) is 9.37 Å². The fourth-order valence-electron chi connectivity index (χ4n) is 5.07. The molecule has 1 aliphatic heterocycles. The minimum Gasteiger partial charge on any atom is -0.481 e. The molecule has 9 nitrogen and oxygen atoms in total. The Labute approximate surface area is 213 Å². The second-order valence-corrected chi connectivity index (χ2v) is 9.91. The topological polar surface area (TPSA) is 116 Å². The number of hydrogen-bond donors (Lipinski definition) is 3. The molecule has 0 atom stereocenters. The summed E-state index contributed by atoms with van der Waals surface area (Å²) in [4.78, 5) is 18.4. The van der Waals surface area contributed by atoms with Crippen molar-refractivity contribution in [2.24, 2.45) is 11.3 Å². The number of pyridine rings is 1. The minimum atomic E-state index is -0.653. The van der Waals surface area contributed by atoms with Gasteiger partial charge in [-0.3, -0.25) is 4.79 Å². The molecule has 0 bridgehead atoms. The van der Waals surface area contributed by atoms with Crippen molar-refractivity contribution in [3.05, 3.63) is 54.3 Å². The summed E-state index contributed by atoms with van der Waals surface area (Å²) >= 11 is 5.38. The molecule has 2 aromatic heterocycles. The van der Waals surface area contributed by atoms with Gasteiger partial charge >= 0.3 is 12.0 Å². The lowest BCUT2D eigenvalue weighted by molar-refractivity contribution is -0.143. The number of aromatic nitrogens is 3. The molecule has 1 saturated carbocycles. The van der Waals surface area contributed by atoms with Gasteiger partial charge in [-0.05, 0) is 74.3 Å². The van der Waals surface area contributed by atoms with E-state index in [0.29, 0.717) is 11.4 Å². The van der Waals surface area contributed by atoms with Crippen molar-refractivity contribution in [1.29, 1.82) is 0 Å². The summed E-state index contributed by atoms with van der Waals surface area (Å²) in [6, 6.07) is 9.88. The van der Waals surface area contributed by atoms with Crippen LogP contribution in [0.5, 0.6) is 0 Å². The van der Waals surface area contributed by atoms with Crippen LogP contribution >= 0.6 is 12.2 Å². The SMILES string of the molecule is O=C(O)C1CCC2(CC1)CCN(c1ccc(NC(=S)c3nnc(Nc4cccc(F)c4)o3)cn1)CC2. The van der Waals surface area contributed by atoms with Crippen LogP contribution in [0.2, 0.25) is 0 Å². The summed E-state index contributed by atoms with van der Waals surface area (Å²) in [5, 5.41) is 23.0. The first kappa shape index (κ1) is 24.1. The smallest absolute Gasteiger partial charge is 0.320 e. The Morgan fingerprint density at radius 1 is 1.11 bits per heavy atom. The molecule has 1 saturated heterocycles. The fourth-order valence-corrected chi connectivity index (χ4v) is 5.27. The number of hydrogen-bond acceptors (Lipinski definition) is 8. The number of nitrogens with zero attached hydrogens (tertiary/aromatic N) is 4. The van der Waals surface area contributed by atoms with E-state index in [-0.39, 0.29) is 34.0 Å². The third-order valence-corrected chi connectivity index (χ3v) is 7.52. The van der Waals surface area contributed by atoms with Crippen LogP contribution in [0.3, 0.4) is 0 Å². The van der Waals surface area contributed by atoms with Crippen molar-refractivity contribution >= 4 is 46.4 Å². The zero-order valence-corrected chi connectivity index (χ0v) is 20.4. The van der Waals surface area contributed by atoms with Crippen molar-refractivity contribution < 1.29 is 18.7 Å². The first-order valence-electron chi connectivity index (χ1n) is 12.0. The van der Waals surface area contributed by atoms with Gasteiger partial charge in [0, 0.05) is 18.8 Å². The van der Waals surface area contributed by atoms with E-state index in [0.717, 1.165) is 57.4 Å². The zero-order valence-electron chi connectivity index (χ0n) is 19.6. The third-order valence-electron chi connectivity index (χ3n) is 7.24. The Morgan fingerprint density at radius 2 is 1.89 bits per heavy atom. The number of carbonyl (C=O) groups is 1. The number of rotatable bonds is 6. The maximum absolute atomic E-state index is 13.3. The molecule has 3 heterocycles. The lowest BCUT2D eigenvalue weighted by Gasteiger charge is -2.45. The van der Waals surface area contributed by atoms with Gasteiger partial charge in [-0.2, -0.15) is 0 Å². The molecule has 188 valence electrons. The van der Waals surface area contributed by atoms with Gasteiger partial charge in [0.25, 0.3) is 5.89 Å². The van der Waals surface area contributed by atoms with E-state index in [1.807, 2.05) is 12.1 Å². The molecular formula is C25H27FN6O3S.